The van der Waals surface area contributed by atoms with Crippen LogP contribution in [0.15, 0.2) is 55.0 Å². The highest BCUT2D eigenvalue weighted by Crippen LogP contribution is 2.23. The quantitative estimate of drug-likeness (QED) is 0.565. The van der Waals surface area contributed by atoms with E-state index in [-0.39, 0.29) is 0 Å². The highest BCUT2D eigenvalue weighted by Gasteiger charge is 2.21. The number of nitrogens with zero attached hydrogens (tertiary/aromatic N) is 6. The Kier molecular flexibility index (Phi) is 3.90. The van der Waals surface area contributed by atoms with Crippen LogP contribution in [0.3, 0.4) is 0 Å². The molecule has 4 aromatic rings. The summed E-state index contributed by atoms with van der Waals surface area (Å²) in [7, 11) is 0. The fourth-order valence-corrected chi connectivity index (χ4v) is 3.68. The molecule has 0 aliphatic carbocycles. The van der Waals surface area contributed by atoms with Crippen molar-refractivity contribution in [1.29, 1.82) is 0 Å². The van der Waals surface area contributed by atoms with E-state index in [2.05, 4.69) is 43.3 Å². The number of imidazole rings is 1. The van der Waals surface area contributed by atoms with Crippen molar-refractivity contribution in [2.75, 3.05) is 6.54 Å². The van der Waals surface area contributed by atoms with Crippen molar-refractivity contribution in [3.63, 3.8) is 0 Å². The predicted molar refractivity (Wildman–Crippen MR) is 103 cm³/mol. The van der Waals surface area contributed by atoms with Crippen LogP contribution in [0.5, 0.6) is 0 Å². The number of rotatable bonds is 3. The summed E-state index contributed by atoms with van der Waals surface area (Å²) in [5.41, 5.74) is 5.68. The first-order chi connectivity index (χ1) is 13.3. The van der Waals surface area contributed by atoms with Crippen LogP contribution in [0.2, 0.25) is 0 Å². The normalized spacial score (nSPS) is 14.4. The molecular weight excluding hydrogens is 336 g/mol. The molecule has 4 heterocycles. The van der Waals surface area contributed by atoms with Crippen molar-refractivity contribution < 1.29 is 0 Å². The number of hydrogen-bond donors (Lipinski definition) is 0. The van der Waals surface area contributed by atoms with Gasteiger partial charge in [0.25, 0.3) is 0 Å². The van der Waals surface area contributed by atoms with E-state index >= 15 is 0 Å². The van der Waals surface area contributed by atoms with Crippen LogP contribution in [0, 0.1) is 6.92 Å². The molecule has 1 aromatic carbocycles. The molecule has 1 aliphatic heterocycles. The number of fused-ring (bicyclic) bond motifs is 2. The van der Waals surface area contributed by atoms with Crippen LogP contribution >= 0.6 is 0 Å². The highest BCUT2D eigenvalue weighted by atomic mass is 15.2. The molecule has 6 heteroatoms. The summed E-state index contributed by atoms with van der Waals surface area (Å²) in [6, 6.07) is 12.1. The molecular formula is C21H20N6. The van der Waals surface area contributed by atoms with Gasteiger partial charge in [-0.2, -0.15) is 0 Å². The van der Waals surface area contributed by atoms with E-state index in [9.17, 15) is 0 Å². The molecule has 1 aliphatic rings. The zero-order chi connectivity index (χ0) is 18.2. The Bertz CT molecular complexity index is 1100. The van der Waals surface area contributed by atoms with Crippen molar-refractivity contribution in [1.82, 2.24) is 29.2 Å². The van der Waals surface area contributed by atoms with Crippen molar-refractivity contribution in [3.8, 4) is 11.4 Å². The van der Waals surface area contributed by atoms with Gasteiger partial charge in [0, 0.05) is 55.8 Å². The molecule has 0 saturated heterocycles. The smallest absolute Gasteiger partial charge is 0.234 e. The van der Waals surface area contributed by atoms with Gasteiger partial charge in [-0.05, 0) is 13.0 Å². The Balaban J connectivity index is 1.39. The van der Waals surface area contributed by atoms with Gasteiger partial charge in [-0.1, -0.05) is 30.3 Å². The molecule has 0 atom stereocenters. The monoisotopic (exact) mass is 356 g/mol. The second-order valence-corrected chi connectivity index (χ2v) is 6.93. The maximum absolute atomic E-state index is 4.82. The molecule has 0 spiro atoms. The summed E-state index contributed by atoms with van der Waals surface area (Å²) in [5.74, 6) is 1.57. The maximum Gasteiger partial charge on any atom is 0.234 e. The van der Waals surface area contributed by atoms with Gasteiger partial charge in [0.1, 0.15) is 0 Å². The third-order valence-corrected chi connectivity index (χ3v) is 5.12. The molecule has 0 amide bonds. The van der Waals surface area contributed by atoms with Crippen LogP contribution < -0.4 is 0 Å². The molecule has 0 fully saturated rings. The van der Waals surface area contributed by atoms with Crippen LogP contribution in [-0.4, -0.2) is 35.8 Å². The van der Waals surface area contributed by atoms with Crippen molar-refractivity contribution >= 4 is 5.78 Å². The third-order valence-electron chi connectivity index (χ3n) is 5.12. The van der Waals surface area contributed by atoms with Crippen LogP contribution in [0.1, 0.15) is 22.6 Å². The first kappa shape index (κ1) is 16.1. The first-order valence-electron chi connectivity index (χ1n) is 9.19. The number of aromatic nitrogens is 5. The van der Waals surface area contributed by atoms with Crippen LogP contribution in [0.4, 0.5) is 0 Å². The van der Waals surface area contributed by atoms with E-state index in [0.29, 0.717) is 0 Å². The summed E-state index contributed by atoms with van der Waals surface area (Å²) >= 11 is 0. The Morgan fingerprint density at radius 1 is 1.04 bits per heavy atom. The molecule has 6 nitrogen and oxygen atoms in total. The molecule has 27 heavy (non-hydrogen) atoms. The highest BCUT2D eigenvalue weighted by molar-refractivity contribution is 5.54. The van der Waals surface area contributed by atoms with Gasteiger partial charge in [-0.15, -0.1) is 0 Å². The lowest BCUT2D eigenvalue weighted by atomic mass is 10.1. The lowest BCUT2D eigenvalue weighted by molar-refractivity contribution is 0.239. The van der Waals surface area contributed by atoms with Gasteiger partial charge in [0.15, 0.2) is 5.82 Å². The first-order valence-corrected chi connectivity index (χ1v) is 9.19. The number of hydrogen-bond acceptors (Lipinski definition) is 5. The summed E-state index contributed by atoms with van der Waals surface area (Å²) in [5, 5.41) is 0. The topological polar surface area (TPSA) is 59.2 Å². The van der Waals surface area contributed by atoms with Crippen LogP contribution in [0.25, 0.3) is 17.2 Å². The molecule has 0 saturated carbocycles. The maximum atomic E-state index is 4.82. The van der Waals surface area contributed by atoms with Gasteiger partial charge >= 0.3 is 0 Å². The van der Waals surface area contributed by atoms with Gasteiger partial charge in [0.2, 0.25) is 5.78 Å². The largest absolute Gasteiger partial charge is 0.293 e. The molecule has 0 unspecified atom stereocenters. The standard InChI is InChI=1S/C21H20N6/c1-15-19(27-10-5-9-22-21(27)24-15)14-26-11-8-18-17(13-26)12-23-20(25-18)16-6-3-2-4-7-16/h2-7,9-10,12H,8,11,13-14H2,1H3. The van der Waals surface area contributed by atoms with Gasteiger partial charge in [0.05, 0.1) is 17.1 Å². The van der Waals surface area contributed by atoms with Crippen LogP contribution in [-0.2, 0) is 19.5 Å². The minimum atomic E-state index is 0.762. The summed E-state index contributed by atoms with van der Waals surface area (Å²) in [6.45, 7) is 4.73. The summed E-state index contributed by atoms with van der Waals surface area (Å²) in [6.07, 6.45) is 6.74. The van der Waals surface area contributed by atoms with Gasteiger partial charge < -0.3 is 0 Å². The molecule has 3 aromatic heterocycles. The summed E-state index contributed by atoms with van der Waals surface area (Å²) < 4.78 is 2.08. The second kappa shape index (κ2) is 6.55. The summed E-state index contributed by atoms with van der Waals surface area (Å²) in [4.78, 5) is 20.8. The lowest BCUT2D eigenvalue weighted by Crippen LogP contribution is -2.31. The third kappa shape index (κ3) is 2.98. The zero-order valence-corrected chi connectivity index (χ0v) is 15.2. The van der Waals surface area contributed by atoms with E-state index in [1.807, 2.05) is 36.7 Å². The number of aryl methyl sites for hydroxylation is 1. The minimum absolute atomic E-state index is 0.762. The predicted octanol–water partition coefficient (Wildman–Crippen LogP) is 3.05. The van der Waals surface area contributed by atoms with Crippen molar-refractivity contribution in [3.05, 3.63) is 77.6 Å². The molecule has 0 bridgehead atoms. The van der Waals surface area contributed by atoms with Crippen molar-refractivity contribution in [2.24, 2.45) is 0 Å². The average molecular weight is 356 g/mol. The Morgan fingerprint density at radius 2 is 1.93 bits per heavy atom. The zero-order valence-electron chi connectivity index (χ0n) is 15.2. The van der Waals surface area contributed by atoms with E-state index < -0.39 is 0 Å². The van der Waals surface area contributed by atoms with E-state index in [1.165, 1.54) is 11.3 Å². The fourth-order valence-electron chi connectivity index (χ4n) is 3.68. The van der Waals surface area contributed by atoms with E-state index in [4.69, 9.17) is 4.98 Å². The van der Waals surface area contributed by atoms with Gasteiger partial charge in [-0.25, -0.2) is 19.9 Å². The minimum Gasteiger partial charge on any atom is -0.293 e. The fraction of sp³-hybridized carbons (Fsp3) is 0.238. The lowest BCUT2D eigenvalue weighted by Gasteiger charge is -2.28. The SMILES string of the molecule is Cc1nc2ncccn2c1CN1CCc2nc(-c3ccccc3)ncc2C1. The van der Waals surface area contributed by atoms with E-state index in [1.54, 1.807) is 6.20 Å². The molecule has 5 rings (SSSR count). The molecule has 0 N–H and O–H groups in total. The Morgan fingerprint density at radius 3 is 2.81 bits per heavy atom. The molecule has 134 valence electrons. The van der Waals surface area contributed by atoms with Crippen molar-refractivity contribution in [2.45, 2.75) is 26.4 Å². The van der Waals surface area contributed by atoms with E-state index in [0.717, 1.165) is 54.6 Å². The second-order valence-electron chi connectivity index (χ2n) is 6.93. The average Bonchev–Trinajstić information content (AvgIpc) is 3.03. The number of benzene rings is 1. The Hall–Kier alpha value is -3.12. The molecule has 0 radical (unpaired) electrons. The Labute approximate surface area is 157 Å². The van der Waals surface area contributed by atoms with Gasteiger partial charge in [-0.3, -0.25) is 9.30 Å².